The third kappa shape index (κ3) is 3.35. The number of rotatable bonds is 3. The Kier molecular flexibility index (Phi) is 7.06. The van der Waals surface area contributed by atoms with Crippen LogP contribution in [0.4, 0.5) is 0 Å². The van der Waals surface area contributed by atoms with E-state index in [2.05, 4.69) is 5.32 Å². The maximum absolute atomic E-state index is 10.5. The minimum atomic E-state index is 0.113. The largest absolute Gasteiger partial charge is 0.311 e. The third-order valence-electron chi connectivity index (χ3n) is 2.39. The Morgan fingerprint density at radius 1 is 1.33 bits per heavy atom. The number of carbonyl (C=O) groups is 1. The van der Waals surface area contributed by atoms with E-state index in [0.717, 1.165) is 6.29 Å². The molecule has 12 heavy (non-hydrogen) atoms. The van der Waals surface area contributed by atoms with E-state index >= 15 is 0 Å². The number of carbonyl (C=O) groups excluding carboxylic acids is 1. The van der Waals surface area contributed by atoms with Crippen LogP contribution in [0.15, 0.2) is 0 Å². The Labute approximate surface area is 75.7 Å². The van der Waals surface area contributed by atoms with Crippen LogP contribution in [-0.4, -0.2) is 19.4 Å². The molecule has 1 rings (SSSR count). The van der Waals surface area contributed by atoms with Gasteiger partial charge in [-0.2, -0.15) is 0 Å². The summed E-state index contributed by atoms with van der Waals surface area (Å²) in [4.78, 5) is 10.5. The molecule has 1 fully saturated rings. The van der Waals surface area contributed by atoms with Crippen molar-refractivity contribution in [2.45, 2.75) is 45.6 Å². The first kappa shape index (κ1) is 11.6. The summed E-state index contributed by atoms with van der Waals surface area (Å²) in [5.74, 6) is 0.613. The lowest BCUT2D eigenvalue weighted by atomic mass is 10.00. The standard InChI is InChI=1S/C8H15NO.C2H6/c1-9-8(6-10)7-4-2-3-5-7;1-2/h6-9H,2-5H2,1H3;1-2H3. The van der Waals surface area contributed by atoms with Crippen molar-refractivity contribution < 1.29 is 4.79 Å². The topological polar surface area (TPSA) is 29.1 Å². The highest BCUT2D eigenvalue weighted by atomic mass is 16.1. The van der Waals surface area contributed by atoms with Gasteiger partial charge in [0.15, 0.2) is 0 Å². The van der Waals surface area contributed by atoms with Crippen LogP contribution in [0.2, 0.25) is 0 Å². The van der Waals surface area contributed by atoms with Crippen LogP contribution in [0.3, 0.4) is 0 Å². The summed E-state index contributed by atoms with van der Waals surface area (Å²) in [6.07, 6.45) is 6.10. The fourth-order valence-electron chi connectivity index (χ4n) is 1.73. The van der Waals surface area contributed by atoms with E-state index in [1.807, 2.05) is 20.9 Å². The van der Waals surface area contributed by atoms with Gasteiger partial charge in [-0.25, -0.2) is 0 Å². The van der Waals surface area contributed by atoms with Gasteiger partial charge < -0.3 is 10.1 Å². The number of nitrogens with one attached hydrogen (secondary N) is 1. The van der Waals surface area contributed by atoms with Gasteiger partial charge in [-0.05, 0) is 25.8 Å². The highest BCUT2D eigenvalue weighted by molar-refractivity contribution is 5.58. The van der Waals surface area contributed by atoms with E-state index in [9.17, 15) is 4.79 Å². The smallest absolute Gasteiger partial charge is 0.137 e. The number of aldehydes is 1. The van der Waals surface area contributed by atoms with E-state index in [-0.39, 0.29) is 6.04 Å². The van der Waals surface area contributed by atoms with Crippen molar-refractivity contribution >= 4 is 6.29 Å². The van der Waals surface area contributed by atoms with E-state index in [4.69, 9.17) is 0 Å². The highest BCUT2D eigenvalue weighted by Gasteiger charge is 2.22. The van der Waals surface area contributed by atoms with Gasteiger partial charge in [0.2, 0.25) is 0 Å². The predicted octanol–water partition coefficient (Wildman–Crippen LogP) is 1.99. The molecule has 0 heterocycles. The summed E-state index contributed by atoms with van der Waals surface area (Å²) in [6.45, 7) is 4.00. The Balaban J connectivity index is 0.000000561. The van der Waals surface area contributed by atoms with Gasteiger partial charge >= 0.3 is 0 Å². The molecule has 1 atom stereocenters. The Morgan fingerprint density at radius 2 is 1.83 bits per heavy atom. The molecule has 1 N–H and O–H groups in total. The normalized spacial score (nSPS) is 19.6. The molecule has 2 nitrogen and oxygen atoms in total. The van der Waals surface area contributed by atoms with Crippen LogP contribution in [0.25, 0.3) is 0 Å². The molecule has 1 saturated carbocycles. The average molecular weight is 171 g/mol. The maximum Gasteiger partial charge on any atom is 0.137 e. The van der Waals surface area contributed by atoms with Crippen molar-refractivity contribution in [3.8, 4) is 0 Å². The van der Waals surface area contributed by atoms with Crippen molar-refractivity contribution in [2.24, 2.45) is 5.92 Å². The van der Waals surface area contributed by atoms with Crippen molar-refractivity contribution in [2.75, 3.05) is 7.05 Å². The number of likely N-dealkylation sites (N-methyl/N-ethyl adjacent to an activating group) is 1. The zero-order chi connectivity index (χ0) is 9.40. The van der Waals surface area contributed by atoms with Gasteiger partial charge in [-0.15, -0.1) is 0 Å². The molecule has 0 saturated heterocycles. The molecule has 0 aromatic carbocycles. The van der Waals surface area contributed by atoms with Gasteiger partial charge in [-0.3, -0.25) is 0 Å². The minimum Gasteiger partial charge on any atom is -0.311 e. The molecule has 0 spiro atoms. The second-order valence-corrected chi connectivity index (χ2v) is 3.00. The third-order valence-corrected chi connectivity index (χ3v) is 2.39. The maximum atomic E-state index is 10.5. The molecule has 1 aliphatic carbocycles. The van der Waals surface area contributed by atoms with E-state index in [1.54, 1.807) is 0 Å². The molecule has 0 aromatic heterocycles. The molecular formula is C10H21NO. The van der Waals surface area contributed by atoms with Gasteiger partial charge in [-0.1, -0.05) is 26.7 Å². The van der Waals surface area contributed by atoms with Gasteiger partial charge in [0.1, 0.15) is 6.29 Å². The fourth-order valence-corrected chi connectivity index (χ4v) is 1.73. The van der Waals surface area contributed by atoms with Crippen LogP contribution in [0.5, 0.6) is 0 Å². The second-order valence-electron chi connectivity index (χ2n) is 3.00. The SMILES string of the molecule is CC.CNC(C=O)C1CCCC1. The molecule has 2 heteroatoms. The summed E-state index contributed by atoms with van der Waals surface area (Å²) in [6, 6.07) is 0.113. The number of hydrogen-bond acceptors (Lipinski definition) is 2. The fraction of sp³-hybridized carbons (Fsp3) is 0.900. The Morgan fingerprint density at radius 3 is 2.17 bits per heavy atom. The Hall–Kier alpha value is -0.370. The zero-order valence-corrected chi connectivity index (χ0v) is 8.47. The first-order valence-electron chi connectivity index (χ1n) is 5.01. The molecular weight excluding hydrogens is 150 g/mol. The molecule has 1 aliphatic rings. The van der Waals surface area contributed by atoms with Crippen LogP contribution in [-0.2, 0) is 4.79 Å². The molecule has 1 unspecified atom stereocenters. The van der Waals surface area contributed by atoms with Crippen LogP contribution < -0.4 is 5.32 Å². The molecule has 0 radical (unpaired) electrons. The number of hydrogen-bond donors (Lipinski definition) is 1. The first-order valence-corrected chi connectivity index (χ1v) is 5.01. The quantitative estimate of drug-likeness (QED) is 0.658. The summed E-state index contributed by atoms with van der Waals surface area (Å²) >= 11 is 0. The van der Waals surface area contributed by atoms with Crippen molar-refractivity contribution in [1.29, 1.82) is 0 Å². The molecule has 0 aromatic rings. The molecule has 0 bridgehead atoms. The van der Waals surface area contributed by atoms with Gasteiger partial charge in [0.05, 0.1) is 6.04 Å². The van der Waals surface area contributed by atoms with Crippen molar-refractivity contribution in [3.05, 3.63) is 0 Å². The van der Waals surface area contributed by atoms with Crippen LogP contribution >= 0.6 is 0 Å². The summed E-state index contributed by atoms with van der Waals surface area (Å²) < 4.78 is 0. The summed E-state index contributed by atoms with van der Waals surface area (Å²) in [7, 11) is 1.86. The van der Waals surface area contributed by atoms with E-state index in [0.29, 0.717) is 5.92 Å². The summed E-state index contributed by atoms with van der Waals surface area (Å²) in [5.41, 5.74) is 0. The monoisotopic (exact) mass is 171 g/mol. The molecule has 0 aliphatic heterocycles. The molecule has 72 valence electrons. The molecule has 0 amide bonds. The second kappa shape index (κ2) is 7.29. The van der Waals surface area contributed by atoms with E-state index < -0.39 is 0 Å². The van der Waals surface area contributed by atoms with Gasteiger partial charge in [0, 0.05) is 0 Å². The predicted molar refractivity (Wildman–Crippen MR) is 52.2 cm³/mol. The lowest BCUT2D eigenvalue weighted by molar-refractivity contribution is -0.110. The van der Waals surface area contributed by atoms with Gasteiger partial charge in [0.25, 0.3) is 0 Å². The van der Waals surface area contributed by atoms with Crippen LogP contribution in [0.1, 0.15) is 39.5 Å². The Bertz CT molecular complexity index is 108. The average Bonchev–Trinajstić information content (AvgIpc) is 2.64. The van der Waals surface area contributed by atoms with Crippen molar-refractivity contribution in [1.82, 2.24) is 5.32 Å². The lowest BCUT2D eigenvalue weighted by Crippen LogP contribution is -2.33. The lowest BCUT2D eigenvalue weighted by Gasteiger charge is -2.15. The first-order chi connectivity index (χ1) is 5.88. The summed E-state index contributed by atoms with van der Waals surface area (Å²) in [5, 5.41) is 3.03. The minimum absolute atomic E-state index is 0.113. The van der Waals surface area contributed by atoms with E-state index in [1.165, 1.54) is 25.7 Å². The highest BCUT2D eigenvalue weighted by Crippen LogP contribution is 2.26. The van der Waals surface area contributed by atoms with Crippen LogP contribution in [0, 0.1) is 5.92 Å². The zero-order valence-electron chi connectivity index (χ0n) is 8.47. The van der Waals surface area contributed by atoms with Crippen molar-refractivity contribution in [3.63, 3.8) is 0 Å².